The minimum absolute atomic E-state index is 0.0833. The minimum atomic E-state index is -0.0833. The Bertz CT molecular complexity index is 907. The van der Waals surface area contributed by atoms with Crippen molar-refractivity contribution in [2.75, 3.05) is 43.0 Å². The summed E-state index contributed by atoms with van der Waals surface area (Å²) in [6, 6.07) is 13.6. The van der Waals surface area contributed by atoms with E-state index in [1.54, 1.807) is 23.2 Å². The lowest BCUT2D eigenvalue weighted by Gasteiger charge is -2.34. The van der Waals surface area contributed by atoms with Gasteiger partial charge in [0.15, 0.2) is 11.6 Å². The number of anilines is 2. The zero-order valence-corrected chi connectivity index (χ0v) is 15.7. The van der Waals surface area contributed by atoms with Crippen LogP contribution in [-0.4, -0.2) is 59.2 Å². The number of amides is 1. The quantitative estimate of drug-likeness (QED) is 0.672. The fourth-order valence-electron chi connectivity index (χ4n) is 3.21. The molecule has 1 fully saturated rings. The third-order valence-electron chi connectivity index (χ3n) is 4.77. The van der Waals surface area contributed by atoms with E-state index in [1.165, 1.54) is 11.8 Å². The first-order chi connectivity index (χ1) is 13.7. The second-order valence-electron chi connectivity index (χ2n) is 6.71. The molecule has 1 aliphatic rings. The topological polar surface area (TPSA) is 78.6 Å². The highest BCUT2D eigenvalue weighted by atomic mass is 16.3. The van der Waals surface area contributed by atoms with Gasteiger partial charge in [0.2, 0.25) is 5.95 Å². The van der Waals surface area contributed by atoms with Crippen LogP contribution in [0, 0.1) is 0 Å². The Kier molecular flexibility index (Phi) is 5.18. The molecule has 0 bridgehead atoms. The van der Waals surface area contributed by atoms with Crippen LogP contribution in [-0.2, 0) is 6.54 Å². The van der Waals surface area contributed by atoms with Gasteiger partial charge in [0.05, 0.1) is 12.5 Å². The molecule has 0 unspecified atom stereocenters. The van der Waals surface area contributed by atoms with E-state index in [9.17, 15) is 4.79 Å². The lowest BCUT2D eigenvalue weighted by Crippen LogP contribution is -2.49. The van der Waals surface area contributed by atoms with E-state index >= 15 is 0 Å². The summed E-state index contributed by atoms with van der Waals surface area (Å²) in [6.45, 7) is 3.23. The monoisotopic (exact) mass is 378 g/mol. The van der Waals surface area contributed by atoms with E-state index in [0.717, 1.165) is 12.4 Å². The first kappa shape index (κ1) is 18.0. The first-order valence-electron chi connectivity index (χ1n) is 9.23. The summed E-state index contributed by atoms with van der Waals surface area (Å²) in [5.74, 6) is 1.64. The van der Waals surface area contributed by atoms with E-state index in [0.29, 0.717) is 37.9 Å². The van der Waals surface area contributed by atoms with Crippen molar-refractivity contribution in [3.05, 3.63) is 66.2 Å². The molecule has 0 saturated carbocycles. The summed E-state index contributed by atoms with van der Waals surface area (Å²) in [6.07, 6.45) is 3.18. The molecule has 3 heterocycles. The number of furan rings is 1. The molecule has 1 saturated heterocycles. The maximum absolute atomic E-state index is 12.4. The number of nitrogens with zero attached hydrogens (tertiary/aromatic N) is 6. The maximum atomic E-state index is 12.4. The van der Waals surface area contributed by atoms with Crippen LogP contribution in [0.1, 0.15) is 16.1 Å². The van der Waals surface area contributed by atoms with Crippen LogP contribution in [0.2, 0.25) is 0 Å². The summed E-state index contributed by atoms with van der Waals surface area (Å²) in [4.78, 5) is 22.9. The van der Waals surface area contributed by atoms with Gasteiger partial charge < -0.3 is 19.1 Å². The largest absolute Gasteiger partial charge is 0.459 e. The smallest absolute Gasteiger partial charge is 0.289 e. The number of carbonyl (C=O) groups is 1. The van der Waals surface area contributed by atoms with Gasteiger partial charge in [-0.15, -0.1) is 5.10 Å². The molecule has 4 rings (SSSR count). The molecule has 144 valence electrons. The van der Waals surface area contributed by atoms with Gasteiger partial charge >= 0.3 is 0 Å². The Morgan fingerprint density at radius 2 is 1.89 bits per heavy atom. The Balaban J connectivity index is 1.39. The predicted octanol–water partition coefficient (Wildman–Crippen LogP) is 2.06. The Morgan fingerprint density at radius 3 is 2.61 bits per heavy atom. The number of rotatable bonds is 5. The van der Waals surface area contributed by atoms with Gasteiger partial charge in [0, 0.05) is 39.8 Å². The molecule has 8 heteroatoms. The van der Waals surface area contributed by atoms with Gasteiger partial charge in [-0.25, -0.2) is 0 Å². The first-order valence-corrected chi connectivity index (χ1v) is 9.23. The van der Waals surface area contributed by atoms with Gasteiger partial charge in [-0.2, -0.15) is 10.1 Å². The lowest BCUT2D eigenvalue weighted by molar-refractivity contribution is 0.0714. The number of benzene rings is 1. The predicted molar refractivity (Wildman–Crippen MR) is 105 cm³/mol. The average Bonchev–Trinajstić information content (AvgIpc) is 3.29. The molecule has 3 aromatic rings. The van der Waals surface area contributed by atoms with Crippen LogP contribution in [0.15, 0.2) is 59.3 Å². The van der Waals surface area contributed by atoms with Crippen molar-refractivity contribution in [2.24, 2.45) is 0 Å². The molecule has 28 heavy (non-hydrogen) atoms. The van der Waals surface area contributed by atoms with Crippen molar-refractivity contribution < 1.29 is 9.21 Å². The van der Waals surface area contributed by atoms with E-state index in [2.05, 4.69) is 32.2 Å². The summed E-state index contributed by atoms with van der Waals surface area (Å²) in [5.41, 5.74) is 1.20. The highest BCUT2D eigenvalue weighted by Gasteiger charge is 2.25. The lowest BCUT2D eigenvalue weighted by atomic mass is 10.2. The summed E-state index contributed by atoms with van der Waals surface area (Å²) < 4.78 is 5.21. The van der Waals surface area contributed by atoms with E-state index in [-0.39, 0.29) is 5.91 Å². The summed E-state index contributed by atoms with van der Waals surface area (Å²) in [7, 11) is 1.99. The second-order valence-corrected chi connectivity index (χ2v) is 6.71. The molecule has 0 atom stereocenters. The average molecular weight is 378 g/mol. The highest BCUT2D eigenvalue weighted by molar-refractivity contribution is 5.91. The molecule has 1 amide bonds. The number of carbonyl (C=O) groups excluding carboxylic acids is 1. The molecule has 0 aliphatic carbocycles. The molecular weight excluding hydrogens is 356 g/mol. The van der Waals surface area contributed by atoms with E-state index < -0.39 is 0 Å². The van der Waals surface area contributed by atoms with Crippen molar-refractivity contribution >= 4 is 17.7 Å². The Hall–Kier alpha value is -3.42. The second kappa shape index (κ2) is 8.08. The number of hydrogen-bond donors (Lipinski definition) is 0. The molecule has 1 aliphatic heterocycles. The standard InChI is InChI=1S/C20H22N6O2/c1-24(15-16-6-3-2-4-7-16)18-14-21-23-20(22-18)26-11-9-25(10-12-26)19(27)17-8-5-13-28-17/h2-8,13-14H,9-12,15H2,1H3. The molecule has 1 aromatic carbocycles. The molecule has 0 spiro atoms. The highest BCUT2D eigenvalue weighted by Crippen LogP contribution is 2.17. The third-order valence-corrected chi connectivity index (χ3v) is 4.77. The molecular formula is C20H22N6O2. The number of hydrogen-bond acceptors (Lipinski definition) is 7. The fraction of sp³-hybridized carbons (Fsp3) is 0.300. The molecule has 8 nitrogen and oxygen atoms in total. The van der Waals surface area contributed by atoms with Gasteiger partial charge in [0.1, 0.15) is 0 Å². The van der Waals surface area contributed by atoms with Crippen molar-refractivity contribution in [2.45, 2.75) is 6.54 Å². The third kappa shape index (κ3) is 3.95. The van der Waals surface area contributed by atoms with Crippen LogP contribution in [0.3, 0.4) is 0 Å². The zero-order valence-electron chi connectivity index (χ0n) is 15.7. The minimum Gasteiger partial charge on any atom is -0.459 e. The SMILES string of the molecule is CN(Cc1ccccc1)c1cnnc(N2CCN(C(=O)c3ccco3)CC2)n1. The van der Waals surface area contributed by atoms with Crippen molar-refractivity contribution in [3.63, 3.8) is 0 Å². The van der Waals surface area contributed by atoms with Gasteiger partial charge in [-0.1, -0.05) is 30.3 Å². The van der Waals surface area contributed by atoms with Gasteiger partial charge in [-0.3, -0.25) is 4.79 Å². The van der Waals surface area contributed by atoms with Gasteiger partial charge in [0.25, 0.3) is 5.91 Å². The van der Waals surface area contributed by atoms with Crippen molar-refractivity contribution in [1.82, 2.24) is 20.1 Å². The van der Waals surface area contributed by atoms with Crippen LogP contribution in [0.25, 0.3) is 0 Å². The normalized spacial score (nSPS) is 14.2. The zero-order chi connectivity index (χ0) is 19.3. The van der Waals surface area contributed by atoms with E-state index in [1.807, 2.05) is 30.1 Å². The fourth-order valence-corrected chi connectivity index (χ4v) is 3.21. The van der Waals surface area contributed by atoms with E-state index in [4.69, 9.17) is 4.42 Å². The molecule has 2 aromatic heterocycles. The van der Waals surface area contributed by atoms with Crippen molar-refractivity contribution in [1.29, 1.82) is 0 Å². The number of aromatic nitrogens is 3. The van der Waals surface area contributed by atoms with Crippen LogP contribution in [0.5, 0.6) is 0 Å². The Labute approximate surface area is 163 Å². The van der Waals surface area contributed by atoms with Crippen LogP contribution in [0.4, 0.5) is 11.8 Å². The summed E-state index contributed by atoms with van der Waals surface area (Å²) in [5, 5.41) is 8.31. The van der Waals surface area contributed by atoms with Crippen LogP contribution < -0.4 is 9.80 Å². The molecule has 0 radical (unpaired) electrons. The number of piperazine rings is 1. The van der Waals surface area contributed by atoms with Crippen LogP contribution >= 0.6 is 0 Å². The summed E-state index contributed by atoms with van der Waals surface area (Å²) >= 11 is 0. The van der Waals surface area contributed by atoms with Gasteiger partial charge in [-0.05, 0) is 17.7 Å². The maximum Gasteiger partial charge on any atom is 0.289 e. The van der Waals surface area contributed by atoms with Crippen molar-refractivity contribution in [3.8, 4) is 0 Å². The Morgan fingerprint density at radius 1 is 1.11 bits per heavy atom. The molecule has 0 N–H and O–H groups in total.